The van der Waals surface area contributed by atoms with Crippen molar-refractivity contribution in [1.29, 1.82) is 0 Å². The van der Waals surface area contributed by atoms with Crippen LogP contribution in [0.25, 0.3) is 10.8 Å². The Labute approximate surface area is 132 Å². The van der Waals surface area contributed by atoms with Crippen molar-refractivity contribution in [3.05, 3.63) is 30.0 Å². The fraction of sp³-hybridized carbons (Fsp3) is 0.500. The van der Waals surface area contributed by atoms with Crippen molar-refractivity contribution < 1.29 is 4.74 Å². The molecular formula is C18H25N3O. The van der Waals surface area contributed by atoms with Crippen molar-refractivity contribution in [3.8, 4) is 5.88 Å². The Hall–Kier alpha value is -1.81. The van der Waals surface area contributed by atoms with Gasteiger partial charge in [0.2, 0.25) is 5.88 Å². The van der Waals surface area contributed by atoms with Crippen molar-refractivity contribution in [1.82, 2.24) is 10.3 Å². The molecule has 118 valence electrons. The van der Waals surface area contributed by atoms with Crippen molar-refractivity contribution in [3.63, 3.8) is 0 Å². The van der Waals surface area contributed by atoms with E-state index in [4.69, 9.17) is 4.74 Å². The Balaban J connectivity index is 1.99. The smallest absolute Gasteiger partial charge is 0.221 e. The highest BCUT2D eigenvalue weighted by atomic mass is 16.5. The number of benzene rings is 1. The molecule has 2 aromatic rings. The van der Waals surface area contributed by atoms with Gasteiger partial charge in [-0.05, 0) is 64.4 Å². The molecule has 1 fully saturated rings. The molecule has 1 aromatic carbocycles. The Morgan fingerprint density at radius 3 is 2.77 bits per heavy atom. The van der Waals surface area contributed by atoms with Gasteiger partial charge in [0.05, 0.1) is 0 Å². The lowest BCUT2D eigenvalue weighted by molar-refractivity contribution is 0.158. The molecule has 1 aliphatic rings. The van der Waals surface area contributed by atoms with E-state index >= 15 is 0 Å². The topological polar surface area (TPSA) is 46.2 Å². The maximum absolute atomic E-state index is 6.20. The van der Waals surface area contributed by atoms with E-state index < -0.39 is 0 Å². The molecule has 1 aromatic heterocycles. The van der Waals surface area contributed by atoms with Crippen LogP contribution >= 0.6 is 0 Å². The second-order valence-corrected chi connectivity index (χ2v) is 6.34. The molecule has 0 radical (unpaired) electrons. The summed E-state index contributed by atoms with van der Waals surface area (Å²) in [5, 5.41) is 9.21. The minimum Gasteiger partial charge on any atom is -0.474 e. The maximum Gasteiger partial charge on any atom is 0.221 e. The fourth-order valence-corrected chi connectivity index (χ4v) is 3.04. The molecule has 4 nitrogen and oxygen atoms in total. The second-order valence-electron chi connectivity index (χ2n) is 6.34. The number of hydrogen-bond acceptors (Lipinski definition) is 4. The number of ether oxygens (including phenoxy) is 1. The summed E-state index contributed by atoms with van der Waals surface area (Å²) >= 11 is 0. The van der Waals surface area contributed by atoms with Gasteiger partial charge in [-0.15, -0.1) is 0 Å². The molecule has 0 unspecified atom stereocenters. The van der Waals surface area contributed by atoms with Gasteiger partial charge in [-0.3, -0.25) is 0 Å². The Bertz CT molecular complexity index is 648. The molecule has 0 aliphatic carbocycles. The molecule has 0 saturated carbocycles. The molecule has 4 heteroatoms. The van der Waals surface area contributed by atoms with Crippen LogP contribution in [0.4, 0.5) is 5.69 Å². The zero-order chi connectivity index (χ0) is 15.5. The van der Waals surface area contributed by atoms with E-state index in [9.17, 15) is 0 Å². The van der Waals surface area contributed by atoms with E-state index in [2.05, 4.69) is 54.6 Å². The van der Waals surface area contributed by atoms with Crippen molar-refractivity contribution in [2.75, 3.05) is 18.4 Å². The molecule has 1 aliphatic heterocycles. The summed E-state index contributed by atoms with van der Waals surface area (Å²) in [6, 6.07) is 6.71. The van der Waals surface area contributed by atoms with Crippen LogP contribution in [-0.2, 0) is 0 Å². The summed E-state index contributed by atoms with van der Waals surface area (Å²) in [6.45, 7) is 8.46. The SMILES string of the molecule is Cc1cnc(OC2CCNCC2)c2cccc(NC(C)C)c12. The third kappa shape index (κ3) is 3.17. The van der Waals surface area contributed by atoms with Crippen LogP contribution in [0.5, 0.6) is 5.88 Å². The van der Waals surface area contributed by atoms with Gasteiger partial charge in [0, 0.05) is 28.7 Å². The zero-order valence-electron chi connectivity index (χ0n) is 13.6. The maximum atomic E-state index is 6.20. The highest BCUT2D eigenvalue weighted by Gasteiger charge is 2.17. The summed E-state index contributed by atoms with van der Waals surface area (Å²) in [7, 11) is 0. The molecular weight excluding hydrogens is 274 g/mol. The first-order valence-corrected chi connectivity index (χ1v) is 8.17. The number of aromatic nitrogens is 1. The van der Waals surface area contributed by atoms with Crippen molar-refractivity contribution >= 4 is 16.5 Å². The van der Waals surface area contributed by atoms with Gasteiger partial charge >= 0.3 is 0 Å². The summed E-state index contributed by atoms with van der Waals surface area (Å²) in [5.41, 5.74) is 2.33. The van der Waals surface area contributed by atoms with Crippen LogP contribution in [0, 0.1) is 6.92 Å². The van der Waals surface area contributed by atoms with Crippen LogP contribution in [0.1, 0.15) is 32.3 Å². The minimum absolute atomic E-state index is 0.265. The van der Waals surface area contributed by atoms with Crippen LogP contribution < -0.4 is 15.4 Å². The van der Waals surface area contributed by atoms with Crippen LogP contribution in [0.15, 0.2) is 24.4 Å². The number of aryl methyl sites for hydroxylation is 1. The lowest BCUT2D eigenvalue weighted by atomic mass is 10.1. The molecule has 0 atom stereocenters. The number of hydrogen-bond donors (Lipinski definition) is 2. The number of anilines is 1. The Kier molecular flexibility index (Phi) is 4.48. The van der Waals surface area contributed by atoms with Gasteiger partial charge in [-0.25, -0.2) is 4.98 Å². The molecule has 0 spiro atoms. The standard InChI is InChI=1S/C18H25N3O/c1-12(2)21-16-6-4-5-15-17(16)13(3)11-20-18(15)22-14-7-9-19-10-8-14/h4-6,11-12,14,19,21H,7-10H2,1-3H3. The number of piperidine rings is 1. The van der Waals surface area contributed by atoms with Crippen molar-refractivity contribution in [2.24, 2.45) is 0 Å². The van der Waals surface area contributed by atoms with E-state index in [0.29, 0.717) is 6.04 Å². The number of pyridine rings is 1. The second kappa shape index (κ2) is 6.53. The van der Waals surface area contributed by atoms with E-state index in [1.807, 2.05) is 6.20 Å². The quantitative estimate of drug-likeness (QED) is 0.907. The van der Waals surface area contributed by atoms with E-state index in [1.54, 1.807) is 0 Å². The fourth-order valence-electron chi connectivity index (χ4n) is 3.04. The molecule has 22 heavy (non-hydrogen) atoms. The molecule has 0 bridgehead atoms. The number of nitrogens with one attached hydrogen (secondary N) is 2. The normalized spacial score (nSPS) is 16.2. The van der Waals surface area contributed by atoms with Crippen LogP contribution in [0.2, 0.25) is 0 Å². The van der Waals surface area contributed by atoms with E-state index in [-0.39, 0.29) is 6.10 Å². The summed E-state index contributed by atoms with van der Waals surface area (Å²) in [4.78, 5) is 4.55. The highest BCUT2D eigenvalue weighted by Crippen LogP contribution is 2.33. The summed E-state index contributed by atoms with van der Waals surface area (Å²) in [5.74, 6) is 0.764. The zero-order valence-corrected chi connectivity index (χ0v) is 13.6. The summed E-state index contributed by atoms with van der Waals surface area (Å²) < 4.78 is 6.20. The van der Waals surface area contributed by atoms with Gasteiger partial charge in [0.25, 0.3) is 0 Å². The predicted molar refractivity (Wildman–Crippen MR) is 91.8 cm³/mol. The third-order valence-corrected chi connectivity index (χ3v) is 4.07. The monoisotopic (exact) mass is 299 g/mol. The first-order valence-electron chi connectivity index (χ1n) is 8.17. The van der Waals surface area contributed by atoms with Gasteiger partial charge < -0.3 is 15.4 Å². The predicted octanol–water partition coefficient (Wildman–Crippen LogP) is 3.49. The lowest BCUT2D eigenvalue weighted by Crippen LogP contribution is -2.34. The number of rotatable bonds is 4. The molecule has 3 rings (SSSR count). The van der Waals surface area contributed by atoms with E-state index in [1.165, 1.54) is 10.9 Å². The first-order chi connectivity index (χ1) is 10.6. The molecule has 2 N–H and O–H groups in total. The number of nitrogens with zero attached hydrogens (tertiary/aromatic N) is 1. The third-order valence-electron chi connectivity index (χ3n) is 4.07. The Morgan fingerprint density at radius 1 is 1.27 bits per heavy atom. The average molecular weight is 299 g/mol. The molecule has 2 heterocycles. The molecule has 1 saturated heterocycles. The lowest BCUT2D eigenvalue weighted by Gasteiger charge is -2.24. The average Bonchev–Trinajstić information content (AvgIpc) is 2.51. The number of fused-ring (bicyclic) bond motifs is 1. The van der Waals surface area contributed by atoms with Gasteiger partial charge in [0.15, 0.2) is 0 Å². The largest absolute Gasteiger partial charge is 0.474 e. The van der Waals surface area contributed by atoms with Crippen LogP contribution in [0.3, 0.4) is 0 Å². The first kappa shape index (κ1) is 15.1. The Morgan fingerprint density at radius 2 is 2.05 bits per heavy atom. The van der Waals surface area contributed by atoms with Crippen molar-refractivity contribution in [2.45, 2.75) is 45.8 Å². The van der Waals surface area contributed by atoms with Gasteiger partial charge in [-0.1, -0.05) is 6.07 Å². The van der Waals surface area contributed by atoms with Crippen LogP contribution in [-0.4, -0.2) is 30.2 Å². The van der Waals surface area contributed by atoms with Gasteiger partial charge in [-0.2, -0.15) is 0 Å². The highest BCUT2D eigenvalue weighted by molar-refractivity contribution is 5.99. The van der Waals surface area contributed by atoms with Gasteiger partial charge in [0.1, 0.15) is 6.10 Å². The minimum atomic E-state index is 0.265. The van der Waals surface area contributed by atoms with E-state index in [0.717, 1.165) is 42.9 Å². The molecule has 0 amide bonds. The summed E-state index contributed by atoms with van der Waals surface area (Å²) in [6.07, 6.45) is 4.27.